The molecule has 5 rings (SSSR count). The van der Waals surface area contributed by atoms with Gasteiger partial charge in [-0.2, -0.15) is 0 Å². The number of piperazine rings is 1. The molecule has 4 aromatic rings. The third-order valence-electron chi connectivity index (χ3n) is 6.28. The monoisotopic (exact) mass is 547 g/mol. The zero-order chi connectivity index (χ0) is 26.5. The van der Waals surface area contributed by atoms with Crippen LogP contribution in [0.1, 0.15) is 15.9 Å². The summed E-state index contributed by atoms with van der Waals surface area (Å²) >= 11 is 7.13. The van der Waals surface area contributed by atoms with E-state index in [0.29, 0.717) is 40.5 Å². The molecule has 8 nitrogen and oxygen atoms in total. The molecular weight excluding hydrogens is 522 g/mol. The second-order valence-electron chi connectivity index (χ2n) is 8.86. The fraction of sp³-hybridized carbons (Fsp3) is 0.214. The number of hydrogen-bond donors (Lipinski definition) is 1. The fourth-order valence-electron chi connectivity index (χ4n) is 4.21. The topological polar surface area (TPSA) is 91.6 Å². The normalized spacial score (nSPS) is 13.4. The minimum atomic E-state index is -0.160. The summed E-state index contributed by atoms with van der Waals surface area (Å²) in [7, 11) is 0. The molecular formula is C28H26ClN5O3S. The number of carbonyl (C=O) groups is 2. The molecule has 1 aromatic heterocycles. The van der Waals surface area contributed by atoms with Crippen LogP contribution in [-0.2, 0) is 4.79 Å². The molecule has 194 valence electrons. The van der Waals surface area contributed by atoms with Gasteiger partial charge in [0.05, 0.1) is 5.75 Å². The van der Waals surface area contributed by atoms with E-state index in [0.717, 1.165) is 29.9 Å². The molecule has 2 heterocycles. The van der Waals surface area contributed by atoms with Crippen molar-refractivity contribution in [3.05, 3.63) is 88.9 Å². The first-order chi connectivity index (χ1) is 18.5. The standard InChI is InChI=1S/C28H26ClN5O3S/c1-19-4-2-3-5-24(19)26-31-32-28(37-26)38-18-25(35)30-22-10-12-23(13-11-22)33-14-16-34(17-15-33)27(36)20-6-8-21(29)9-7-20/h2-13H,14-18H2,1H3,(H,30,35). The predicted molar refractivity (Wildman–Crippen MR) is 150 cm³/mol. The second-order valence-corrected chi connectivity index (χ2v) is 10.2. The number of thioether (sulfide) groups is 1. The minimum Gasteiger partial charge on any atom is -0.411 e. The van der Waals surface area contributed by atoms with Crippen LogP contribution in [0.3, 0.4) is 0 Å². The molecule has 1 fully saturated rings. The molecule has 38 heavy (non-hydrogen) atoms. The number of amides is 2. The third kappa shape index (κ3) is 6.17. The van der Waals surface area contributed by atoms with Crippen molar-refractivity contribution in [3.63, 3.8) is 0 Å². The smallest absolute Gasteiger partial charge is 0.277 e. The summed E-state index contributed by atoms with van der Waals surface area (Å²) in [5.41, 5.74) is 4.33. The molecule has 0 atom stereocenters. The summed E-state index contributed by atoms with van der Waals surface area (Å²) in [6, 6.07) is 22.5. The van der Waals surface area contributed by atoms with E-state index in [4.69, 9.17) is 16.0 Å². The number of carbonyl (C=O) groups excluding carboxylic acids is 2. The van der Waals surface area contributed by atoms with E-state index in [2.05, 4.69) is 20.4 Å². The lowest BCUT2D eigenvalue weighted by molar-refractivity contribution is -0.113. The van der Waals surface area contributed by atoms with Gasteiger partial charge in [-0.05, 0) is 67.1 Å². The summed E-state index contributed by atoms with van der Waals surface area (Å²) in [5, 5.41) is 12.0. The van der Waals surface area contributed by atoms with Crippen LogP contribution in [0.25, 0.3) is 11.5 Å². The predicted octanol–water partition coefficient (Wildman–Crippen LogP) is 5.39. The van der Waals surface area contributed by atoms with Gasteiger partial charge < -0.3 is 19.5 Å². The van der Waals surface area contributed by atoms with Gasteiger partial charge in [-0.1, -0.05) is 41.6 Å². The van der Waals surface area contributed by atoms with E-state index in [9.17, 15) is 9.59 Å². The number of nitrogens with zero attached hydrogens (tertiary/aromatic N) is 4. The zero-order valence-electron chi connectivity index (χ0n) is 20.8. The Morgan fingerprint density at radius 1 is 0.947 bits per heavy atom. The highest BCUT2D eigenvalue weighted by Gasteiger charge is 2.22. The van der Waals surface area contributed by atoms with Gasteiger partial charge in [-0.15, -0.1) is 10.2 Å². The maximum Gasteiger partial charge on any atom is 0.277 e. The van der Waals surface area contributed by atoms with E-state index in [1.165, 1.54) is 11.8 Å². The summed E-state index contributed by atoms with van der Waals surface area (Å²) < 4.78 is 5.71. The van der Waals surface area contributed by atoms with Crippen molar-refractivity contribution in [1.29, 1.82) is 0 Å². The lowest BCUT2D eigenvalue weighted by Gasteiger charge is -2.36. The fourth-order valence-corrected chi connectivity index (χ4v) is 4.90. The van der Waals surface area contributed by atoms with Crippen LogP contribution in [0.2, 0.25) is 5.02 Å². The van der Waals surface area contributed by atoms with Gasteiger partial charge in [0.2, 0.25) is 11.8 Å². The molecule has 0 radical (unpaired) electrons. The maximum absolute atomic E-state index is 12.7. The first-order valence-corrected chi connectivity index (χ1v) is 13.5. The number of benzene rings is 3. The van der Waals surface area contributed by atoms with Gasteiger partial charge in [0, 0.05) is 53.7 Å². The highest BCUT2D eigenvalue weighted by atomic mass is 35.5. The van der Waals surface area contributed by atoms with Crippen LogP contribution in [0.4, 0.5) is 11.4 Å². The average Bonchev–Trinajstić information content (AvgIpc) is 3.42. The Balaban J connectivity index is 1.09. The van der Waals surface area contributed by atoms with E-state index in [1.54, 1.807) is 24.3 Å². The van der Waals surface area contributed by atoms with E-state index in [1.807, 2.05) is 60.4 Å². The minimum absolute atomic E-state index is 0.0178. The number of halogens is 1. The van der Waals surface area contributed by atoms with Gasteiger partial charge in [0.25, 0.3) is 11.1 Å². The number of hydrogen-bond acceptors (Lipinski definition) is 7. The van der Waals surface area contributed by atoms with Crippen molar-refractivity contribution in [2.45, 2.75) is 12.1 Å². The largest absolute Gasteiger partial charge is 0.411 e. The van der Waals surface area contributed by atoms with Crippen molar-refractivity contribution in [2.24, 2.45) is 0 Å². The maximum atomic E-state index is 12.7. The van der Waals surface area contributed by atoms with Gasteiger partial charge in [0.1, 0.15) is 0 Å². The lowest BCUT2D eigenvalue weighted by atomic mass is 10.1. The Morgan fingerprint density at radius 3 is 2.37 bits per heavy atom. The molecule has 2 amide bonds. The summed E-state index contributed by atoms with van der Waals surface area (Å²) in [5.74, 6) is 0.453. The molecule has 0 spiro atoms. The van der Waals surface area contributed by atoms with Gasteiger partial charge in [-0.3, -0.25) is 9.59 Å². The highest BCUT2D eigenvalue weighted by Crippen LogP contribution is 2.26. The molecule has 1 saturated heterocycles. The van der Waals surface area contributed by atoms with Crippen LogP contribution >= 0.6 is 23.4 Å². The number of rotatable bonds is 7. The summed E-state index contributed by atoms with van der Waals surface area (Å²) in [6.07, 6.45) is 0. The van der Waals surface area contributed by atoms with Crippen LogP contribution in [0, 0.1) is 6.92 Å². The molecule has 1 aliphatic rings. The van der Waals surface area contributed by atoms with Crippen LogP contribution in [0.15, 0.2) is 82.4 Å². The Labute approximate surface area is 230 Å². The molecule has 0 bridgehead atoms. The van der Waals surface area contributed by atoms with Gasteiger partial charge in [-0.25, -0.2) is 0 Å². The van der Waals surface area contributed by atoms with Gasteiger partial charge in [0.15, 0.2) is 0 Å². The van der Waals surface area contributed by atoms with E-state index < -0.39 is 0 Å². The highest BCUT2D eigenvalue weighted by molar-refractivity contribution is 7.99. The molecule has 3 aromatic carbocycles. The quantitative estimate of drug-likeness (QED) is 0.310. The molecule has 0 saturated carbocycles. The molecule has 0 unspecified atom stereocenters. The van der Waals surface area contributed by atoms with Crippen LogP contribution in [0.5, 0.6) is 0 Å². The molecule has 1 N–H and O–H groups in total. The number of nitrogens with one attached hydrogen (secondary N) is 1. The Hall–Kier alpha value is -3.82. The zero-order valence-corrected chi connectivity index (χ0v) is 22.3. The molecule has 0 aliphatic carbocycles. The second kappa shape index (κ2) is 11.7. The first kappa shape index (κ1) is 25.8. The van der Waals surface area contributed by atoms with E-state index in [-0.39, 0.29) is 17.6 Å². The average molecular weight is 548 g/mol. The number of aromatic nitrogens is 2. The number of aryl methyl sites for hydroxylation is 1. The van der Waals surface area contributed by atoms with E-state index >= 15 is 0 Å². The Bertz CT molecular complexity index is 1420. The van der Waals surface area contributed by atoms with Crippen molar-refractivity contribution in [3.8, 4) is 11.5 Å². The van der Waals surface area contributed by atoms with Gasteiger partial charge >= 0.3 is 0 Å². The Kier molecular flexibility index (Phi) is 7.95. The lowest BCUT2D eigenvalue weighted by Crippen LogP contribution is -2.48. The van der Waals surface area contributed by atoms with Crippen LogP contribution in [-0.4, -0.2) is 58.8 Å². The number of anilines is 2. The van der Waals surface area contributed by atoms with Crippen molar-refractivity contribution in [2.75, 3.05) is 42.1 Å². The van der Waals surface area contributed by atoms with Crippen molar-refractivity contribution in [1.82, 2.24) is 15.1 Å². The summed E-state index contributed by atoms with van der Waals surface area (Å²) in [6.45, 7) is 4.72. The summed E-state index contributed by atoms with van der Waals surface area (Å²) in [4.78, 5) is 29.3. The van der Waals surface area contributed by atoms with Crippen LogP contribution < -0.4 is 10.2 Å². The SMILES string of the molecule is Cc1ccccc1-c1nnc(SCC(=O)Nc2ccc(N3CCN(C(=O)c4ccc(Cl)cc4)CC3)cc2)o1. The molecule has 1 aliphatic heterocycles. The Morgan fingerprint density at radius 2 is 1.66 bits per heavy atom. The third-order valence-corrected chi connectivity index (χ3v) is 7.35. The first-order valence-electron chi connectivity index (χ1n) is 12.2. The molecule has 10 heteroatoms. The van der Waals surface area contributed by atoms with Crippen molar-refractivity contribution < 1.29 is 14.0 Å². The van der Waals surface area contributed by atoms with Crippen molar-refractivity contribution >= 4 is 46.6 Å².